The van der Waals surface area contributed by atoms with Gasteiger partial charge in [0.1, 0.15) is 0 Å². The number of methoxy groups -OCH3 is 3. The number of hydrogen-bond donors (Lipinski definition) is 1. The van der Waals surface area contributed by atoms with Crippen LogP contribution in [-0.2, 0) is 9.53 Å². The van der Waals surface area contributed by atoms with E-state index in [1.54, 1.807) is 21.3 Å². The van der Waals surface area contributed by atoms with Gasteiger partial charge >= 0.3 is 0 Å². The van der Waals surface area contributed by atoms with E-state index in [2.05, 4.69) is 5.32 Å². The molecule has 0 aliphatic carbocycles. The standard InChI is InChI=1S/C17H26N2O4.ClH/c1-21-10-8-18-12-17(20)19-9-4-5-14(19)13-6-7-15(22-2)16(11-13)23-3;/h6-7,11,14,18H,4-5,8-10,12H2,1-3H3;1H. The minimum absolute atomic E-state index is 0. The van der Waals surface area contributed by atoms with E-state index in [0.29, 0.717) is 31.2 Å². The molecule has 0 aromatic heterocycles. The van der Waals surface area contributed by atoms with Crippen LogP contribution in [0.3, 0.4) is 0 Å². The Balaban J connectivity index is 0.00000288. The maximum atomic E-state index is 12.4. The van der Waals surface area contributed by atoms with Crippen LogP contribution in [-0.4, -0.2) is 58.4 Å². The topological polar surface area (TPSA) is 60.0 Å². The number of ether oxygens (including phenoxy) is 3. The number of likely N-dealkylation sites (tertiary alicyclic amines) is 1. The first kappa shape index (κ1) is 20.5. The summed E-state index contributed by atoms with van der Waals surface area (Å²) in [5.74, 6) is 1.52. The third-order valence-corrected chi connectivity index (χ3v) is 4.12. The second-order valence-electron chi connectivity index (χ2n) is 5.53. The number of hydrogen-bond acceptors (Lipinski definition) is 5. The van der Waals surface area contributed by atoms with Crippen molar-refractivity contribution in [1.82, 2.24) is 10.2 Å². The molecule has 1 aliphatic rings. The first-order chi connectivity index (χ1) is 11.2. The van der Waals surface area contributed by atoms with Gasteiger partial charge in [-0.25, -0.2) is 0 Å². The zero-order valence-electron chi connectivity index (χ0n) is 14.5. The Morgan fingerprint density at radius 1 is 1.25 bits per heavy atom. The number of carbonyl (C=O) groups is 1. The lowest BCUT2D eigenvalue weighted by molar-refractivity contribution is -0.131. The molecule has 0 bridgehead atoms. The van der Waals surface area contributed by atoms with Crippen molar-refractivity contribution < 1.29 is 19.0 Å². The molecule has 1 fully saturated rings. The molecular formula is C17H27ClN2O4. The summed E-state index contributed by atoms with van der Waals surface area (Å²) in [6.07, 6.45) is 1.99. The number of halogens is 1. The first-order valence-corrected chi connectivity index (χ1v) is 7.92. The smallest absolute Gasteiger partial charge is 0.237 e. The van der Waals surface area contributed by atoms with Crippen molar-refractivity contribution in [3.05, 3.63) is 23.8 Å². The normalized spacial score (nSPS) is 16.6. The van der Waals surface area contributed by atoms with Crippen LogP contribution in [0.25, 0.3) is 0 Å². The largest absolute Gasteiger partial charge is 0.493 e. The number of rotatable bonds is 8. The van der Waals surface area contributed by atoms with Gasteiger partial charge in [-0.2, -0.15) is 0 Å². The van der Waals surface area contributed by atoms with Crippen LogP contribution in [0.4, 0.5) is 0 Å². The molecule has 7 heteroatoms. The Morgan fingerprint density at radius 3 is 2.67 bits per heavy atom. The van der Waals surface area contributed by atoms with Gasteiger partial charge in [0.15, 0.2) is 11.5 Å². The minimum atomic E-state index is 0. The van der Waals surface area contributed by atoms with Crippen LogP contribution in [0.5, 0.6) is 11.5 Å². The van der Waals surface area contributed by atoms with Crippen LogP contribution >= 0.6 is 12.4 Å². The molecule has 1 amide bonds. The fraction of sp³-hybridized carbons (Fsp3) is 0.588. The molecule has 0 spiro atoms. The molecule has 2 rings (SSSR count). The number of benzene rings is 1. The van der Waals surface area contributed by atoms with Gasteiger partial charge in [0.05, 0.1) is 33.4 Å². The zero-order chi connectivity index (χ0) is 16.7. The van der Waals surface area contributed by atoms with Crippen molar-refractivity contribution in [3.63, 3.8) is 0 Å². The van der Waals surface area contributed by atoms with Crippen molar-refractivity contribution in [2.75, 3.05) is 47.6 Å². The number of carbonyl (C=O) groups excluding carboxylic acids is 1. The Morgan fingerprint density at radius 2 is 2.00 bits per heavy atom. The van der Waals surface area contributed by atoms with E-state index >= 15 is 0 Å². The minimum Gasteiger partial charge on any atom is -0.493 e. The predicted molar refractivity (Wildman–Crippen MR) is 95.2 cm³/mol. The molecule has 1 atom stereocenters. The van der Waals surface area contributed by atoms with Crippen LogP contribution in [0.15, 0.2) is 18.2 Å². The second-order valence-corrected chi connectivity index (χ2v) is 5.53. The highest BCUT2D eigenvalue weighted by Crippen LogP contribution is 2.36. The Kier molecular flexibility index (Phi) is 8.89. The van der Waals surface area contributed by atoms with Gasteiger partial charge in [-0.15, -0.1) is 12.4 Å². The Bertz CT molecular complexity index is 527. The van der Waals surface area contributed by atoms with Gasteiger partial charge in [0.2, 0.25) is 5.91 Å². The van der Waals surface area contributed by atoms with Gasteiger partial charge in [-0.05, 0) is 30.5 Å². The van der Waals surface area contributed by atoms with Crippen LogP contribution < -0.4 is 14.8 Å². The molecule has 1 N–H and O–H groups in total. The summed E-state index contributed by atoms with van der Waals surface area (Å²) in [4.78, 5) is 14.4. The van der Waals surface area contributed by atoms with Crippen molar-refractivity contribution in [2.24, 2.45) is 0 Å². The van der Waals surface area contributed by atoms with E-state index in [1.165, 1.54) is 0 Å². The highest BCUT2D eigenvalue weighted by atomic mass is 35.5. The summed E-state index contributed by atoms with van der Waals surface area (Å²) in [5.41, 5.74) is 1.09. The van der Waals surface area contributed by atoms with E-state index in [9.17, 15) is 4.79 Å². The van der Waals surface area contributed by atoms with Crippen molar-refractivity contribution in [2.45, 2.75) is 18.9 Å². The summed E-state index contributed by atoms with van der Waals surface area (Å²) in [6.45, 7) is 2.42. The van der Waals surface area contributed by atoms with Gasteiger partial charge < -0.3 is 24.4 Å². The molecule has 1 aromatic rings. The molecule has 1 unspecified atom stereocenters. The van der Waals surface area contributed by atoms with Gasteiger partial charge in [0, 0.05) is 20.2 Å². The summed E-state index contributed by atoms with van der Waals surface area (Å²) in [6, 6.07) is 5.97. The lowest BCUT2D eigenvalue weighted by atomic mass is 10.0. The van der Waals surface area contributed by atoms with Crippen molar-refractivity contribution in [1.29, 1.82) is 0 Å². The summed E-state index contributed by atoms with van der Waals surface area (Å²) < 4.78 is 15.6. The summed E-state index contributed by atoms with van der Waals surface area (Å²) >= 11 is 0. The predicted octanol–water partition coefficient (Wildman–Crippen LogP) is 2.03. The molecule has 136 valence electrons. The van der Waals surface area contributed by atoms with Gasteiger partial charge in [0.25, 0.3) is 0 Å². The van der Waals surface area contributed by atoms with E-state index in [4.69, 9.17) is 14.2 Å². The maximum absolute atomic E-state index is 12.4. The number of amides is 1. The third kappa shape index (κ3) is 5.00. The quantitative estimate of drug-likeness (QED) is 0.720. The Labute approximate surface area is 149 Å². The third-order valence-electron chi connectivity index (χ3n) is 4.12. The van der Waals surface area contributed by atoms with Crippen LogP contribution in [0.2, 0.25) is 0 Å². The van der Waals surface area contributed by atoms with Gasteiger partial charge in [-0.1, -0.05) is 6.07 Å². The molecule has 6 nitrogen and oxygen atoms in total. The van der Waals surface area contributed by atoms with Gasteiger partial charge in [-0.3, -0.25) is 4.79 Å². The molecule has 0 saturated carbocycles. The molecule has 24 heavy (non-hydrogen) atoms. The fourth-order valence-electron chi connectivity index (χ4n) is 2.94. The lowest BCUT2D eigenvalue weighted by Gasteiger charge is -2.26. The SMILES string of the molecule is COCCNCC(=O)N1CCCC1c1ccc(OC)c(OC)c1.Cl. The monoisotopic (exact) mass is 358 g/mol. The highest BCUT2D eigenvalue weighted by molar-refractivity contribution is 5.85. The average Bonchev–Trinajstić information content (AvgIpc) is 3.07. The van der Waals surface area contributed by atoms with E-state index < -0.39 is 0 Å². The molecule has 1 heterocycles. The van der Waals surface area contributed by atoms with Crippen LogP contribution in [0, 0.1) is 0 Å². The van der Waals surface area contributed by atoms with E-state index in [1.807, 2.05) is 23.1 Å². The number of nitrogens with one attached hydrogen (secondary N) is 1. The lowest BCUT2D eigenvalue weighted by Crippen LogP contribution is -2.38. The average molecular weight is 359 g/mol. The van der Waals surface area contributed by atoms with Crippen LogP contribution in [0.1, 0.15) is 24.4 Å². The fourth-order valence-corrected chi connectivity index (χ4v) is 2.94. The van der Waals surface area contributed by atoms with E-state index in [-0.39, 0.29) is 24.4 Å². The highest BCUT2D eigenvalue weighted by Gasteiger charge is 2.30. The van der Waals surface area contributed by atoms with E-state index in [0.717, 1.165) is 24.9 Å². The maximum Gasteiger partial charge on any atom is 0.237 e. The molecule has 1 aliphatic heterocycles. The zero-order valence-corrected chi connectivity index (χ0v) is 15.4. The Hall–Kier alpha value is -1.50. The molecule has 1 saturated heterocycles. The summed E-state index contributed by atoms with van der Waals surface area (Å²) in [5, 5.41) is 3.11. The molecule has 0 radical (unpaired) electrons. The molecule has 1 aromatic carbocycles. The molecular weight excluding hydrogens is 332 g/mol. The number of nitrogens with zero attached hydrogens (tertiary/aromatic N) is 1. The first-order valence-electron chi connectivity index (χ1n) is 7.92. The summed E-state index contributed by atoms with van der Waals surface area (Å²) in [7, 11) is 4.89. The van der Waals surface area contributed by atoms with Crippen molar-refractivity contribution >= 4 is 18.3 Å². The second kappa shape index (κ2) is 10.4. The van der Waals surface area contributed by atoms with Crippen molar-refractivity contribution in [3.8, 4) is 11.5 Å².